The summed E-state index contributed by atoms with van der Waals surface area (Å²) in [6, 6.07) is 0.797. The summed E-state index contributed by atoms with van der Waals surface area (Å²) in [4.78, 5) is 13.8. The van der Waals surface area contributed by atoms with Crippen LogP contribution in [0.1, 0.15) is 22.6 Å². The molecule has 0 bridgehead atoms. The SMILES string of the molecule is O=C(Cl)c1nc(C(F)F)c(O)cc1Cl. The molecule has 1 aromatic heterocycles. The number of halogens is 4. The lowest BCUT2D eigenvalue weighted by atomic mass is 10.3. The summed E-state index contributed by atoms with van der Waals surface area (Å²) in [5, 5.41) is 7.66. The minimum atomic E-state index is -3.00. The minimum absolute atomic E-state index is 0.271. The van der Waals surface area contributed by atoms with Crippen molar-refractivity contribution in [3.63, 3.8) is 0 Å². The van der Waals surface area contributed by atoms with Crippen LogP contribution in [0, 0.1) is 0 Å². The van der Waals surface area contributed by atoms with Crippen molar-refractivity contribution in [2.75, 3.05) is 0 Å². The van der Waals surface area contributed by atoms with Gasteiger partial charge in [-0.05, 0) is 11.6 Å². The lowest BCUT2D eigenvalue weighted by Gasteiger charge is -2.04. The van der Waals surface area contributed by atoms with Crippen molar-refractivity contribution >= 4 is 28.4 Å². The van der Waals surface area contributed by atoms with Crippen LogP contribution in [0.25, 0.3) is 0 Å². The second kappa shape index (κ2) is 4.06. The van der Waals surface area contributed by atoms with Crippen LogP contribution in [-0.4, -0.2) is 15.3 Å². The van der Waals surface area contributed by atoms with E-state index in [-0.39, 0.29) is 5.02 Å². The Morgan fingerprint density at radius 2 is 2.14 bits per heavy atom. The van der Waals surface area contributed by atoms with Crippen molar-refractivity contribution in [2.24, 2.45) is 0 Å². The molecule has 3 nitrogen and oxygen atoms in total. The van der Waals surface area contributed by atoms with Gasteiger partial charge in [-0.3, -0.25) is 4.79 Å². The summed E-state index contributed by atoms with van der Waals surface area (Å²) in [6.07, 6.45) is -3.00. The second-order valence-electron chi connectivity index (χ2n) is 2.30. The van der Waals surface area contributed by atoms with Gasteiger partial charge in [0.1, 0.15) is 17.1 Å². The van der Waals surface area contributed by atoms with Gasteiger partial charge in [0.15, 0.2) is 0 Å². The zero-order chi connectivity index (χ0) is 10.9. The highest BCUT2D eigenvalue weighted by molar-refractivity contribution is 6.68. The summed E-state index contributed by atoms with van der Waals surface area (Å²) in [5.74, 6) is -0.772. The van der Waals surface area contributed by atoms with E-state index in [9.17, 15) is 13.6 Å². The fraction of sp³-hybridized carbons (Fsp3) is 0.143. The Hall–Kier alpha value is -0.940. The van der Waals surface area contributed by atoms with E-state index in [1.165, 1.54) is 0 Å². The van der Waals surface area contributed by atoms with Crippen molar-refractivity contribution in [3.8, 4) is 5.75 Å². The van der Waals surface area contributed by atoms with E-state index >= 15 is 0 Å². The number of carbonyl (C=O) groups is 1. The first kappa shape index (κ1) is 11.1. The van der Waals surface area contributed by atoms with Gasteiger partial charge in [-0.1, -0.05) is 11.6 Å². The largest absolute Gasteiger partial charge is 0.506 e. The zero-order valence-corrected chi connectivity index (χ0v) is 7.98. The van der Waals surface area contributed by atoms with Gasteiger partial charge in [-0.15, -0.1) is 0 Å². The third kappa shape index (κ3) is 2.10. The lowest BCUT2D eigenvalue weighted by Crippen LogP contribution is -2.00. The standard InChI is InChI=1S/C7H3Cl2F2NO2/c8-2-1-3(13)5(7(10)11)12-4(2)6(9)14/h1,7,13H. The van der Waals surface area contributed by atoms with E-state index in [0.29, 0.717) is 0 Å². The molecule has 0 aliphatic carbocycles. The Bertz CT molecular complexity index is 384. The third-order valence-corrected chi connectivity index (χ3v) is 1.84. The topological polar surface area (TPSA) is 50.2 Å². The highest BCUT2D eigenvalue weighted by Crippen LogP contribution is 2.30. The van der Waals surface area contributed by atoms with Crippen molar-refractivity contribution in [1.82, 2.24) is 4.98 Å². The van der Waals surface area contributed by atoms with Gasteiger partial charge in [0.05, 0.1) is 5.02 Å². The molecule has 0 aliphatic rings. The van der Waals surface area contributed by atoms with Gasteiger partial charge in [-0.2, -0.15) is 0 Å². The molecule has 1 aromatic rings. The number of alkyl halides is 2. The predicted molar refractivity (Wildman–Crippen MR) is 46.1 cm³/mol. The Morgan fingerprint density at radius 3 is 2.57 bits per heavy atom. The van der Waals surface area contributed by atoms with E-state index in [2.05, 4.69) is 4.98 Å². The first-order valence-electron chi connectivity index (χ1n) is 3.31. The van der Waals surface area contributed by atoms with Crippen LogP contribution in [0.2, 0.25) is 5.02 Å². The molecule has 7 heteroatoms. The van der Waals surface area contributed by atoms with Gasteiger partial charge < -0.3 is 5.11 Å². The van der Waals surface area contributed by atoms with Crippen LogP contribution >= 0.6 is 23.2 Å². The molecule has 0 saturated heterocycles. The number of hydrogen-bond acceptors (Lipinski definition) is 3. The molecule has 0 saturated carbocycles. The van der Waals surface area contributed by atoms with Gasteiger partial charge in [-0.25, -0.2) is 13.8 Å². The van der Waals surface area contributed by atoms with Crippen molar-refractivity contribution in [3.05, 3.63) is 22.5 Å². The fourth-order valence-electron chi connectivity index (χ4n) is 0.792. The minimum Gasteiger partial charge on any atom is -0.506 e. The first-order valence-corrected chi connectivity index (χ1v) is 4.06. The Labute approximate surface area is 87.3 Å². The van der Waals surface area contributed by atoms with Gasteiger partial charge in [0.2, 0.25) is 0 Å². The van der Waals surface area contributed by atoms with Crippen LogP contribution in [0.15, 0.2) is 6.07 Å². The highest BCUT2D eigenvalue weighted by atomic mass is 35.5. The molecular weight excluding hydrogens is 239 g/mol. The molecule has 14 heavy (non-hydrogen) atoms. The quantitative estimate of drug-likeness (QED) is 0.811. The number of rotatable bonds is 2. The molecule has 1 N–H and O–H groups in total. The smallest absolute Gasteiger partial charge is 0.284 e. The average molecular weight is 242 g/mol. The van der Waals surface area contributed by atoms with Crippen LogP contribution in [-0.2, 0) is 0 Å². The number of aromatic hydroxyl groups is 1. The van der Waals surface area contributed by atoms with Crippen LogP contribution in [0.4, 0.5) is 8.78 Å². The second-order valence-corrected chi connectivity index (χ2v) is 3.05. The third-order valence-electron chi connectivity index (χ3n) is 1.38. The number of nitrogens with zero attached hydrogens (tertiary/aromatic N) is 1. The molecule has 0 atom stereocenters. The molecule has 0 amide bonds. The van der Waals surface area contributed by atoms with E-state index in [1.807, 2.05) is 0 Å². The summed E-state index contributed by atoms with van der Waals surface area (Å²) in [5.41, 5.74) is -1.42. The van der Waals surface area contributed by atoms with Gasteiger partial charge >= 0.3 is 0 Å². The lowest BCUT2D eigenvalue weighted by molar-refractivity contribution is 0.107. The number of carbonyl (C=O) groups excluding carboxylic acids is 1. The van der Waals surface area contributed by atoms with Crippen LogP contribution < -0.4 is 0 Å². The van der Waals surface area contributed by atoms with Gasteiger partial charge in [0.25, 0.3) is 11.7 Å². The van der Waals surface area contributed by atoms with E-state index < -0.39 is 28.8 Å². The molecule has 0 fully saturated rings. The summed E-state index contributed by atoms with van der Waals surface area (Å²) in [7, 11) is 0. The van der Waals surface area contributed by atoms with E-state index in [4.69, 9.17) is 28.3 Å². The maximum atomic E-state index is 12.2. The molecule has 0 unspecified atom stereocenters. The van der Waals surface area contributed by atoms with Crippen molar-refractivity contribution in [1.29, 1.82) is 0 Å². The molecule has 0 radical (unpaired) electrons. The summed E-state index contributed by atoms with van der Waals surface area (Å²) >= 11 is 10.5. The maximum absolute atomic E-state index is 12.2. The number of pyridine rings is 1. The van der Waals surface area contributed by atoms with Gasteiger partial charge in [0, 0.05) is 6.07 Å². The molecule has 76 valence electrons. The summed E-state index contributed by atoms with van der Waals surface area (Å²) in [6.45, 7) is 0. The number of aromatic nitrogens is 1. The van der Waals surface area contributed by atoms with Crippen molar-refractivity contribution < 1.29 is 18.7 Å². The monoisotopic (exact) mass is 241 g/mol. The maximum Gasteiger partial charge on any atom is 0.284 e. The Balaban J connectivity index is 3.34. The van der Waals surface area contributed by atoms with Crippen LogP contribution in [0.3, 0.4) is 0 Å². The van der Waals surface area contributed by atoms with E-state index in [1.54, 1.807) is 0 Å². The molecule has 1 heterocycles. The average Bonchev–Trinajstić information content (AvgIpc) is 2.02. The molecular formula is C7H3Cl2F2NO2. The van der Waals surface area contributed by atoms with E-state index in [0.717, 1.165) is 6.07 Å². The molecule has 1 rings (SSSR count). The zero-order valence-electron chi connectivity index (χ0n) is 6.47. The van der Waals surface area contributed by atoms with Crippen LogP contribution in [0.5, 0.6) is 5.75 Å². The van der Waals surface area contributed by atoms with Crippen molar-refractivity contribution in [2.45, 2.75) is 6.43 Å². The molecule has 0 aromatic carbocycles. The predicted octanol–water partition coefficient (Wildman–Crippen LogP) is 2.76. The summed E-state index contributed by atoms with van der Waals surface area (Å²) < 4.78 is 24.4. The highest BCUT2D eigenvalue weighted by Gasteiger charge is 2.20. The Kier molecular flexibility index (Phi) is 3.23. The molecule has 0 aliphatic heterocycles. The Morgan fingerprint density at radius 1 is 1.57 bits per heavy atom. The first-order chi connectivity index (χ1) is 6.43. The molecule has 0 spiro atoms. The normalized spacial score (nSPS) is 10.6. The number of hydrogen-bond donors (Lipinski definition) is 1. The fourth-order valence-corrected chi connectivity index (χ4v) is 1.22.